The number of primary amides is 1. The second-order valence-electron chi connectivity index (χ2n) is 4.80. The van der Waals surface area contributed by atoms with Gasteiger partial charge in [-0.2, -0.15) is 0 Å². The number of nitrogens with two attached hydrogens (primary N) is 1. The first-order valence-electron chi connectivity index (χ1n) is 6.23. The molecule has 2 N–H and O–H groups in total. The SMILES string of the molecule is Cc1nc(C(N)=O)sc1-c1ccnc(CC2CC2)n1. The molecule has 2 aromatic rings. The van der Waals surface area contributed by atoms with Gasteiger partial charge in [-0.3, -0.25) is 4.79 Å². The van der Waals surface area contributed by atoms with E-state index in [0.29, 0.717) is 5.01 Å². The Kier molecular flexibility index (Phi) is 3.02. The van der Waals surface area contributed by atoms with E-state index in [1.807, 2.05) is 13.0 Å². The molecule has 3 rings (SSSR count). The summed E-state index contributed by atoms with van der Waals surface area (Å²) in [5.41, 5.74) is 6.87. The largest absolute Gasteiger partial charge is 0.364 e. The van der Waals surface area contributed by atoms with Gasteiger partial charge in [0.1, 0.15) is 5.82 Å². The number of carbonyl (C=O) groups excluding carboxylic acids is 1. The van der Waals surface area contributed by atoms with Crippen molar-refractivity contribution < 1.29 is 4.79 Å². The summed E-state index contributed by atoms with van der Waals surface area (Å²) in [6.07, 6.45) is 5.26. The molecule has 98 valence electrons. The first-order valence-corrected chi connectivity index (χ1v) is 7.04. The molecule has 1 saturated carbocycles. The number of aromatic nitrogens is 3. The van der Waals surface area contributed by atoms with E-state index in [2.05, 4.69) is 15.0 Å². The summed E-state index contributed by atoms with van der Waals surface area (Å²) in [5, 5.41) is 0.329. The monoisotopic (exact) mass is 274 g/mol. The molecule has 0 aromatic carbocycles. The zero-order valence-electron chi connectivity index (χ0n) is 10.6. The Morgan fingerprint density at radius 3 is 2.89 bits per heavy atom. The minimum absolute atomic E-state index is 0.329. The summed E-state index contributed by atoms with van der Waals surface area (Å²) in [6.45, 7) is 1.86. The number of aryl methyl sites for hydroxylation is 1. The van der Waals surface area contributed by atoms with Gasteiger partial charge in [0.15, 0.2) is 5.01 Å². The third-order valence-electron chi connectivity index (χ3n) is 3.11. The van der Waals surface area contributed by atoms with Crippen molar-refractivity contribution in [1.82, 2.24) is 15.0 Å². The van der Waals surface area contributed by atoms with Crippen LogP contribution in [-0.4, -0.2) is 20.9 Å². The second kappa shape index (κ2) is 4.70. The zero-order valence-corrected chi connectivity index (χ0v) is 11.4. The number of nitrogens with zero attached hydrogens (tertiary/aromatic N) is 3. The van der Waals surface area contributed by atoms with Crippen molar-refractivity contribution in [3.63, 3.8) is 0 Å². The van der Waals surface area contributed by atoms with E-state index in [4.69, 9.17) is 5.73 Å². The fourth-order valence-corrected chi connectivity index (χ4v) is 2.83. The maximum Gasteiger partial charge on any atom is 0.277 e. The van der Waals surface area contributed by atoms with Crippen molar-refractivity contribution in [3.8, 4) is 10.6 Å². The predicted molar refractivity (Wildman–Crippen MR) is 72.8 cm³/mol. The minimum atomic E-state index is -0.494. The van der Waals surface area contributed by atoms with Gasteiger partial charge in [-0.25, -0.2) is 15.0 Å². The van der Waals surface area contributed by atoms with Crippen LogP contribution in [0.1, 0.15) is 34.2 Å². The molecule has 0 saturated heterocycles. The van der Waals surface area contributed by atoms with Crippen LogP contribution >= 0.6 is 11.3 Å². The van der Waals surface area contributed by atoms with E-state index in [-0.39, 0.29) is 0 Å². The number of hydrogen-bond donors (Lipinski definition) is 1. The standard InChI is InChI=1S/C13H14N4OS/c1-7-11(19-13(16-7)12(14)18)9-4-5-15-10(17-9)6-8-2-3-8/h4-5,8H,2-3,6H2,1H3,(H2,14,18). The van der Waals surface area contributed by atoms with E-state index < -0.39 is 5.91 Å². The van der Waals surface area contributed by atoms with Gasteiger partial charge in [0.2, 0.25) is 0 Å². The number of rotatable bonds is 4. The quantitative estimate of drug-likeness (QED) is 0.924. The number of amides is 1. The van der Waals surface area contributed by atoms with Gasteiger partial charge in [0, 0.05) is 12.6 Å². The number of thiazole rings is 1. The van der Waals surface area contributed by atoms with Crippen LogP contribution in [0.2, 0.25) is 0 Å². The molecule has 0 unspecified atom stereocenters. The highest BCUT2D eigenvalue weighted by Gasteiger charge is 2.23. The molecule has 0 atom stereocenters. The molecule has 0 radical (unpaired) electrons. The molecule has 0 aliphatic heterocycles. The first kappa shape index (κ1) is 12.2. The summed E-state index contributed by atoms with van der Waals surface area (Å²) >= 11 is 1.29. The molecular weight excluding hydrogens is 260 g/mol. The van der Waals surface area contributed by atoms with Crippen molar-refractivity contribution in [3.05, 3.63) is 28.8 Å². The van der Waals surface area contributed by atoms with E-state index in [1.165, 1.54) is 24.2 Å². The highest BCUT2D eigenvalue weighted by molar-refractivity contribution is 7.17. The van der Waals surface area contributed by atoms with Gasteiger partial charge in [-0.15, -0.1) is 11.3 Å². The van der Waals surface area contributed by atoms with Gasteiger partial charge >= 0.3 is 0 Å². The molecule has 1 aliphatic carbocycles. The molecule has 1 aliphatic rings. The Morgan fingerprint density at radius 1 is 1.47 bits per heavy atom. The third kappa shape index (κ3) is 2.63. The van der Waals surface area contributed by atoms with Crippen LogP contribution in [0.4, 0.5) is 0 Å². The van der Waals surface area contributed by atoms with E-state index in [0.717, 1.165) is 34.4 Å². The Bertz CT molecular complexity index is 633. The predicted octanol–water partition coefficient (Wildman–Crippen LogP) is 1.96. The van der Waals surface area contributed by atoms with Crippen molar-refractivity contribution in [2.45, 2.75) is 26.2 Å². The van der Waals surface area contributed by atoms with Gasteiger partial charge < -0.3 is 5.73 Å². The van der Waals surface area contributed by atoms with Crippen LogP contribution < -0.4 is 5.73 Å². The highest BCUT2D eigenvalue weighted by Crippen LogP contribution is 2.33. The van der Waals surface area contributed by atoms with Crippen LogP contribution in [0, 0.1) is 12.8 Å². The lowest BCUT2D eigenvalue weighted by molar-refractivity contribution is 0.1000. The number of hydrogen-bond acceptors (Lipinski definition) is 5. The van der Waals surface area contributed by atoms with Gasteiger partial charge in [-0.05, 0) is 31.7 Å². The molecule has 0 spiro atoms. The van der Waals surface area contributed by atoms with Crippen LogP contribution in [-0.2, 0) is 6.42 Å². The average Bonchev–Trinajstić information content (AvgIpc) is 3.09. The summed E-state index contributed by atoms with van der Waals surface area (Å²) in [7, 11) is 0. The number of carbonyl (C=O) groups is 1. The Morgan fingerprint density at radius 2 is 2.26 bits per heavy atom. The fraction of sp³-hybridized carbons (Fsp3) is 0.385. The molecular formula is C13H14N4OS. The van der Waals surface area contributed by atoms with Crippen LogP contribution in [0.25, 0.3) is 10.6 Å². The maximum atomic E-state index is 11.2. The zero-order chi connectivity index (χ0) is 13.4. The molecule has 5 nitrogen and oxygen atoms in total. The molecule has 19 heavy (non-hydrogen) atoms. The smallest absolute Gasteiger partial charge is 0.277 e. The van der Waals surface area contributed by atoms with Crippen LogP contribution in [0.5, 0.6) is 0 Å². The minimum Gasteiger partial charge on any atom is -0.364 e. The van der Waals surface area contributed by atoms with E-state index in [1.54, 1.807) is 6.20 Å². The van der Waals surface area contributed by atoms with Crippen LogP contribution in [0.15, 0.2) is 12.3 Å². The molecule has 0 bridgehead atoms. The van der Waals surface area contributed by atoms with Crippen molar-refractivity contribution in [2.24, 2.45) is 11.7 Å². The van der Waals surface area contributed by atoms with E-state index in [9.17, 15) is 4.79 Å². The Labute approximate surface area is 114 Å². The van der Waals surface area contributed by atoms with Gasteiger partial charge in [0.05, 0.1) is 16.3 Å². The van der Waals surface area contributed by atoms with Gasteiger partial charge in [0.25, 0.3) is 5.91 Å². The van der Waals surface area contributed by atoms with Crippen molar-refractivity contribution in [1.29, 1.82) is 0 Å². The van der Waals surface area contributed by atoms with E-state index >= 15 is 0 Å². The highest BCUT2D eigenvalue weighted by atomic mass is 32.1. The topological polar surface area (TPSA) is 81.8 Å². The van der Waals surface area contributed by atoms with Crippen molar-refractivity contribution >= 4 is 17.2 Å². The molecule has 2 heterocycles. The molecule has 1 amide bonds. The summed E-state index contributed by atoms with van der Waals surface area (Å²) in [6, 6.07) is 1.85. The van der Waals surface area contributed by atoms with Crippen LogP contribution in [0.3, 0.4) is 0 Å². The summed E-state index contributed by atoms with van der Waals surface area (Å²) in [4.78, 5) is 25.1. The normalized spacial score (nSPS) is 14.6. The summed E-state index contributed by atoms with van der Waals surface area (Å²) in [5.74, 6) is 1.12. The first-order chi connectivity index (χ1) is 9.13. The molecule has 6 heteroatoms. The third-order valence-corrected chi connectivity index (χ3v) is 4.31. The lowest BCUT2D eigenvalue weighted by Crippen LogP contribution is -2.10. The lowest BCUT2D eigenvalue weighted by atomic mass is 10.2. The fourth-order valence-electron chi connectivity index (χ4n) is 1.94. The summed E-state index contributed by atoms with van der Waals surface area (Å²) < 4.78 is 0. The van der Waals surface area contributed by atoms with Gasteiger partial charge in [-0.1, -0.05) is 0 Å². The molecule has 1 fully saturated rings. The lowest BCUT2D eigenvalue weighted by Gasteiger charge is -2.01. The molecule has 2 aromatic heterocycles. The Balaban J connectivity index is 1.94. The maximum absolute atomic E-state index is 11.2. The Hall–Kier alpha value is -1.82. The van der Waals surface area contributed by atoms with Crippen molar-refractivity contribution in [2.75, 3.05) is 0 Å². The average molecular weight is 274 g/mol. The second-order valence-corrected chi connectivity index (χ2v) is 5.80.